The number of hydrogen-bond donors (Lipinski definition) is 3. The van der Waals surface area contributed by atoms with Gasteiger partial charge < -0.3 is 5.32 Å². The maximum atomic E-state index is 12.3. The largest absolute Gasteiger partial charge is 0.376 e. The van der Waals surface area contributed by atoms with Crippen LogP contribution in [-0.4, -0.2) is 61.0 Å². The first-order valence-electron chi connectivity index (χ1n) is 9.65. The van der Waals surface area contributed by atoms with Gasteiger partial charge in [0.2, 0.25) is 5.91 Å². The van der Waals surface area contributed by atoms with Crippen LogP contribution in [0.1, 0.15) is 30.4 Å². The smallest absolute Gasteiger partial charge is 0.285 e. The van der Waals surface area contributed by atoms with Crippen molar-refractivity contribution in [1.82, 2.24) is 15.9 Å². The number of nitrogens with zero attached hydrogens (tertiary/aromatic N) is 2. The van der Waals surface area contributed by atoms with E-state index in [4.69, 9.17) is 0 Å². The molecule has 10 nitrogen and oxygen atoms in total. The van der Waals surface area contributed by atoms with Gasteiger partial charge in [0.05, 0.1) is 24.1 Å². The molecule has 1 saturated heterocycles. The number of carbonyl (C=O) groups is 3. The molecule has 2 aliphatic rings. The fourth-order valence-corrected chi connectivity index (χ4v) is 5.11. The average Bonchev–Trinajstić information content (AvgIpc) is 3.05. The molecule has 0 bridgehead atoms. The van der Waals surface area contributed by atoms with Gasteiger partial charge in [-0.3, -0.25) is 25.2 Å². The molecule has 3 N–H and O–H groups in total. The van der Waals surface area contributed by atoms with Crippen molar-refractivity contribution in [1.29, 1.82) is 0 Å². The Morgan fingerprint density at radius 3 is 2.63 bits per heavy atom. The van der Waals surface area contributed by atoms with Crippen LogP contribution in [-0.2, 0) is 24.2 Å². The van der Waals surface area contributed by atoms with Crippen molar-refractivity contribution in [3.63, 3.8) is 0 Å². The maximum Gasteiger partial charge on any atom is 0.285 e. The third kappa shape index (κ3) is 5.35. The lowest BCUT2D eigenvalue weighted by Crippen LogP contribution is -2.49. The zero-order valence-corrected chi connectivity index (χ0v) is 17.7. The molecule has 2 aliphatic heterocycles. The van der Waals surface area contributed by atoms with E-state index in [0.717, 1.165) is 21.8 Å². The Labute approximate surface area is 175 Å². The second-order valence-corrected chi connectivity index (χ2v) is 9.74. The fourth-order valence-electron chi connectivity index (χ4n) is 3.42. The van der Waals surface area contributed by atoms with E-state index in [9.17, 15) is 22.8 Å². The Morgan fingerprint density at radius 1 is 1.20 bits per heavy atom. The van der Waals surface area contributed by atoms with Crippen LogP contribution in [0.15, 0.2) is 23.3 Å². The number of rotatable bonds is 5. The van der Waals surface area contributed by atoms with E-state index in [1.165, 1.54) is 0 Å². The van der Waals surface area contributed by atoms with Crippen LogP contribution in [0.25, 0.3) is 0 Å². The zero-order valence-electron chi connectivity index (χ0n) is 16.9. The van der Waals surface area contributed by atoms with Crippen molar-refractivity contribution in [3.05, 3.63) is 29.3 Å². The molecule has 2 heterocycles. The van der Waals surface area contributed by atoms with Gasteiger partial charge in [-0.05, 0) is 31.9 Å². The number of hydrazine groups is 1. The normalized spacial score (nSPS) is 20.5. The molecule has 1 fully saturated rings. The van der Waals surface area contributed by atoms with E-state index >= 15 is 0 Å². The lowest BCUT2D eigenvalue weighted by atomic mass is 10.1. The second-order valence-electron chi connectivity index (χ2n) is 7.52. The number of carbonyl (C=O) groups excluding carboxylic acids is 3. The highest BCUT2D eigenvalue weighted by atomic mass is 32.2. The predicted octanol–water partition coefficient (Wildman–Crippen LogP) is 0.0282. The molecule has 0 radical (unpaired) electrons. The van der Waals surface area contributed by atoms with E-state index in [1.807, 2.05) is 32.0 Å². The number of nitrogens with one attached hydrogen (secondary N) is 3. The molecular formula is C19H25N5O5S. The highest BCUT2D eigenvalue weighted by Gasteiger charge is 2.37. The zero-order chi connectivity index (χ0) is 21.9. The van der Waals surface area contributed by atoms with Crippen molar-refractivity contribution in [2.45, 2.75) is 39.2 Å². The van der Waals surface area contributed by atoms with E-state index in [2.05, 4.69) is 21.3 Å². The summed E-state index contributed by atoms with van der Waals surface area (Å²) < 4.78 is 23.3. The molecule has 1 aromatic rings. The first-order chi connectivity index (χ1) is 14.1. The second kappa shape index (κ2) is 8.82. The minimum Gasteiger partial charge on any atom is -0.376 e. The monoisotopic (exact) mass is 435 g/mol. The van der Waals surface area contributed by atoms with Crippen molar-refractivity contribution >= 4 is 39.0 Å². The van der Waals surface area contributed by atoms with E-state index < -0.39 is 27.7 Å². The molecule has 0 aromatic heterocycles. The SMILES string of the molecule is Cc1ccc(NCC(=O)NNC(=O)C2=NN(C3CCS(=O)(=O)C3)C(=O)CC2)c(C)c1. The Hall–Kier alpha value is -2.95. The predicted molar refractivity (Wildman–Crippen MR) is 111 cm³/mol. The Morgan fingerprint density at radius 2 is 1.97 bits per heavy atom. The molecule has 1 unspecified atom stereocenters. The average molecular weight is 436 g/mol. The summed E-state index contributed by atoms with van der Waals surface area (Å²) >= 11 is 0. The van der Waals surface area contributed by atoms with Gasteiger partial charge >= 0.3 is 0 Å². The molecule has 30 heavy (non-hydrogen) atoms. The summed E-state index contributed by atoms with van der Waals surface area (Å²) in [5.74, 6) is -1.54. The van der Waals surface area contributed by atoms with Crippen LogP contribution in [0.4, 0.5) is 5.69 Å². The third-order valence-electron chi connectivity index (χ3n) is 5.01. The van der Waals surface area contributed by atoms with Crippen molar-refractivity contribution < 1.29 is 22.8 Å². The molecule has 162 valence electrons. The molecule has 1 aromatic carbocycles. The number of aryl methyl sites for hydroxylation is 2. The minimum absolute atomic E-state index is 0.00199. The number of hydrogen-bond acceptors (Lipinski definition) is 7. The summed E-state index contributed by atoms with van der Waals surface area (Å²) in [5, 5.41) is 8.16. The van der Waals surface area contributed by atoms with E-state index in [0.29, 0.717) is 6.42 Å². The van der Waals surface area contributed by atoms with Gasteiger partial charge in [-0.15, -0.1) is 0 Å². The van der Waals surface area contributed by atoms with Crippen molar-refractivity contribution in [2.75, 3.05) is 23.4 Å². The van der Waals surface area contributed by atoms with Crippen LogP contribution in [0, 0.1) is 13.8 Å². The number of hydrazone groups is 1. The van der Waals surface area contributed by atoms with Gasteiger partial charge in [0, 0.05) is 18.5 Å². The molecule has 0 spiro atoms. The quantitative estimate of drug-likeness (QED) is 0.558. The van der Waals surface area contributed by atoms with Crippen LogP contribution in [0.2, 0.25) is 0 Å². The topological polar surface area (TPSA) is 137 Å². The van der Waals surface area contributed by atoms with Crippen LogP contribution in [0.5, 0.6) is 0 Å². The number of benzene rings is 1. The summed E-state index contributed by atoms with van der Waals surface area (Å²) in [5.41, 5.74) is 7.61. The number of sulfone groups is 1. The van der Waals surface area contributed by atoms with E-state index in [1.54, 1.807) is 0 Å². The summed E-state index contributed by atoms with van der Waals surface area (Å²) in [6.07, 6.45) is 0.482. The number of anilines is 1. The summed E-state index contributed by atoms with van der Waals surface area (Å²) in [6.45, 7) is 3.87. The first-order valence-corrected chi connectivity index (χ1v) is 11.5. The summed E-state index contributed by atoms with van der Waals surface area (Å²) in [7, 11) is -3.19. The molecule has 3 rings (SSSR count). The third-order valence-corrected chi connectivity index (χ3v) is 6.76. The Balaban J connectivity index is 1.52. The van der Waals surface area contributed by atoms with Gasteiger partial charge in [-0.1, -0.05) is 17.7 Å². The van der Waals surface area contributed by atoms with Crippen LogP contribution < -0.4 is 16.2 Å². The lowest BCUT2D eigenvalue weighted by Gasteiger charge is -2.27. The lowest BCUT2D eigenvalue weighted by molar-refractivity contribution is -0.134. The van der Waals surface area contributed by atoms with Gasteiger partial charge in [-0.25, -0.2) is 13.4 Å². The highest BCUT2D eigenvalue weighted by Crippen LogP contribution is 2.22. The summed E-state index contributed by atoms with van der Waals surface area (Å²) in [4.78, 5) is 36.5. The molecule has 3 amide bonds. The molecular weight excluding hydrogens is 410 g/mol. The standard InChI is InChI=1S/C19H25N5O5S/c1-12-3-4-15(13(2)9-12)20-10-17(25)21-22-19(27)16-5-6-18(26)24(23-16)14-7-8-30(28,29)11-14/h3-4,9,14,20H,5-8,10-11H2,1-2H3,(H,21,25)(H,22,27). The van der Waals surface area contributed by atoms with Gasteiger partial charge in [0.25, 0.3) is 11.8 Å². The molecule has 0 saturated carbocycles. The van der Waals surface area contributed by atoms with Crippen molar-refractivity contribution in [2.24, 2.45) is 5.10 Å². The minimum atomic E-state index is -3.19. The fraction of sp³-hybridized carbons (Fsp3) is 0.474. The molecule has 0 aliphatic carbocycles. The maximum absolute atomic E-state index is 12.3. The van der Waals surface area contributed by atoms with Crippen LogP contribution >= 0.6 is 0 Å². The van der Waals surface area contributed by atoms with E-state index in [-0.39, 0.29) is 42.5 Å². The number of amides is 3. The molecule has 1 atom stereocenters. The Kier molecular flexibility index (Phi) is 6.40. The van der Waals surface area contributed by atoms with Gasteiger partial charge in [-0.2, -0.15) is 5.10 Å². The van der Waals surface area contributed by atoms with Crippen molar-refractivity contribution in [3.8, 4) is 0 Å². The van der Waals surface area contributed by atoms with Crippen LogP contribution in [0.3, 0.4) is 0 Å². The van der Waals surface area contributed by atoms with Gasteiger partial charge in [0.1, 0.15) is 5.71 Å². The highest BCUT2D eigenvalue weighted by molar-refractivity contribution is 7.91. The molecule has 11 heteroatoms. The first kappa shape index (κ1) is 21.8. The van der Waals surface area contributed by atoms with Gasteiger partial charge in [0.15, 0.2) is 9.84 Å². The Bertz CT molecular complexity index is 1000. The summed E-state index contributed by atoms with van der Waals surface area (Å²) in [6, 6.07) is 5.24.